The average Bonchev–Trinajstić information content (AvgIpc) is 2.99. The van der Waals surface area contributed by atoms with Crippen LogP contribution in [0.3, 0.4) is 0 Å². The van der Waals surface area contributed by atoms with Crippen LogP contribution >= 0.6 is 15.9 Å². The Morgan fingerprint density at radius 3 is 2.79 bits per heavy atom. The smallest absolute Gasteiger partial charge is 0.129 e. The van der Waals surface area contributed by atoms with Crippen LogP contribution < -0.4 is 4.90 Å². The molecule has 1 aliphatic rings. The van der Waals surface area contributed by atoms with Gasteiger partial charge < -0.3 is 4.90 Å². The Morgan fingerprint density at radius 2 is 2.21 bits per heavy atom. The van der Waals surface area contributed by atoms with Crippen LogP contribution in [0.2, 0.25) is 0 Å². The molecule has 0 saturated heterocycles. The fourth-order valence-electron chi connectivity index (χ4n) is 1.70. The highest BCUT2D eigenvalue weighted by Gasteiger charge is 2.30. The third-order valence-electron chi connectivity index (χ3n) is 2.98. The summed E-state index contributed by atoms with van der Waals surface area (Å²) in [6.07, 6.45) is 2.75. The van der Waals surface area contributed by atoms with Gasteiger partial charge in [-0.15, -0.1) is 0 Å². The number of nitrogens with zero attached hydrogens (tertiary/aromatic N) is 2. The van der Waals surface area contributed by atoms with Crippen LogP contribution in [-0.2, 0) is 0 Å². The molecule has 2 nitrogen and oxygen atoms in total. The number of hydrogen-bond donors (Lipinski definition) is 0. The summed E-state index contributed by atoms with van der Waals surface area (Å²) in [5.41, 5.74) is 0. The summed E-state index contributed by atoms with van der Waals surface area (Å²) in [4.78, 5) is 6.71. The number of halogens is 1. The van der Waals surface area contributed by atoms with Crippen LogP contribution in [0.15, 0.2) is 22.8 Å². The highest BCUT2D eigenvalue weighted by atomic mass is 79.9. The Hall–Kier alpha value is -0.570. The van der Waals surface area contributed by atoms with E-state index in [9.17, 15) is 0 Å². The maximum atomic E-state index is 4.45. The van der Waals surface area contributed by atoms with Crippen molar-refractivity contribution >= 4 is 21.7 Å². The first-order valence-corrected chi connectivity index (χ1v) is 5.83. The standard InChI is InChI=1S/C11H15BrN2/c1-8(9-6-7-9)14(2)11-5-3-4-10(12)13-11/h3-5,8-9H,6-7H2,1-2H3. The van der Waals surface area contributed by atoms with Crippen LogP contribution in [0.5, 0.6) is 0 Å². The molecule has 1 saturated carbocycles. The predicted molar refractivity (Wildman–Crippen MR) is 62.5 cm³/mol. The van der Waals surface area contributed by atoms with Gasteiger partial charge in [0.05, 0.1) is 0 Å². The Morgan fingerprint density at radius 1 is 1.50 bits per heavy atom. The summed E-state index contributed by atoms with van der Waals surface area (Å²) >= 11 is 3.39. The number of hydrogen-bond acceptors (Lipinski definition) is 2. The fourth-order valence-corrected chi connectivity index (χ4v) is 2.03. The van der Waals surface area contributed by atoms with E-state index in [0.29, 0.717) is 6.04 Å². The van der Waals surface area contributed by atoms with Crippen molar-refractivity contribution in [3.05, 3.63) is 22.8 Å². The van der Waals surface area contributed by atoms with E-state index in [0.717, 1.165) is 16.3 Å². The van der Waals surface area contributed by atoms with Crippen molar-refractivity contribution < 1.29 is 0 Å². The van der Waals surface area contributed by atoms with Crippen LogP contribution in [0, 0.1) is 5.92 Å². The lowest BCUT2D eigenvalue weighted by molar-refractivity contribution is 0.603. The molecule has 0 amide bonds. The summed E-state index contributed by atoms with van der Waals surface area (Å²) in [5.74, 6) is 1.93. The average molecular weight is 255 g/mol. The summed E-state index contributed by atoms with van der Waals surface area (Å²) in [6, 6.07) is 6.66. The number of rotatable bonds is 3. The van der Waals surface area contributed by atoms with E-state index in [1.807, 2.05) is 12.1 Å². The molecule has 0 N–H and O–H groups in total. The van der Waals surface area contributed by atoms with Gasteiger partial charge in [-0.25, -0.2) is 4.98 Å². The zero-order chi connectivity index (χ0) is 10.1. The first-order chi connectivity index (χ1) is 6.68. The summed E-state index contributed by atoms with van der Waals surface area (Å²) in [7, 11) is 2.12. The first-order valence-electron chi connectivity index (χ1n) is 5.04. The quantitative estimate of drug-likeness (QED) is 0.771. The molecule has 1 unspecified atom stereocenters. The van der Waals surface area contributed by atoms with Gasteiger partial charge in [-0.2, -0.15) is 0 Å². The third kappa shape index (κ3) is 2.08. The van der Waals surface area contributed by atoms with Gasteiger partial charge in [0.25, 0.3) is 0 Å². The lowest BCUT2D eigenvalue weighted by atomic mass is 10.2. The fraction of sp³-hybridized carbons (Fsp3) is 0.545. The Balaban J connectivity index is 2.13. The molecule has 1 aromatic rings. The van der Waals surface area contributed by atoms with Gasteiger partial charge in [0.2, 0.25) is 0 Å². The maximum Gasteiger partial charge on any atom is 0.129 e. The number of aromatic nitrogens is 1. The number of pyridine rings is 1. The normalized spacial score (nSPS) is 17.9. The van der Waals surface area contributed by atoms with E-state index in [-0.39, 0.29) is 0 Å². The van der Waals surface area contributed by atoms with Crippen molar-refractivity contribution in [1.29, 1.82) is 0 Å². The van der Waals surface area contributed by atoms with Crippen molar-refractivity contribution in [2.45, 2.75) is 25.8 Å². The second kappa shape index (κ2) is 3.89. The summed E-state index contributed by atoms with van der Waals surface area (Å²) < 4.78 is 0.907. The van der Waals surface area contributed by atoms with E-state index in [4.69, 9.17) is 0 Å². The second-order valence-electron chi connectivity index (χ2n) is 4.01. The van der Waals surface area contributed by atoms with Crippen molar-refractivity contribution in [3.63, 3.8) is 0 Å². The van der Waals surface area contributed by atoms with Crippen LogP contribution in [-0.4, -0.2) is 18.1 Å². The topological polar surface area (TPSA) is 16.1 Å². The molecule has 14 heavy (non-hydrogen) atoms. The van der Waals surface area contributed by atoms with E-state index in [1.54, 1.807) is 0 Å². The largest absolute Gasteiger partial charge is 0.357 e. The van der Waals surface area contributed by atoms with Crippen molar-refractivity contribution in [3.8, 4) is 0 Å². The van der Waals surface area contributed by atoms with Gasteiger partial charge in [0.15, 0.2) is 0 Å². The minimum absolute atomic E-state index is 0.608. The molecule has 1 fully saturated rings. The van der Waals surface area contributed by atoms with Gasteiger partial charge in [-0.1, -0.05) is 6.07 Å². The number of anilines is 1. The molecule has 1 heterocycles. The molecule has 1 atom stereocenters. The van der Waals surface area contributed by atoms with Crippen molar-refractivity contribution in [1.82, 2.24) is 4.98 Å². The SMILES string of the molecule is CC(C1CC1)N(C)c1cccc(Br)n1. The monoisotopic (exact) mass is 254 g/mol. The minimum Gasteiger partial charge on any atom is -0.357 e. The van der Waals surface area contributed by atoms with Crippen molar-refractivity contribution in [2.75, 3.05) is 11.9 Å². The van der Waals surface area contributed by atoms with Gasteiger partial charge in [0.1, 0.15) is 10.4 Å². The molecular weight excluding hydrogens is 240 g/mol. The van der Waals surface area contributed by atoms with E-state index in [2.05, 4.69) is 45.9 Å². The third-order valence-corrected chi connectivity index (χ3v) is 3.42. The maximum absolute atomic E-state index is 4.45. The second-order valence-corrected chi connectivity index (χ2v) is 4.82. The van der Waals surface area contributed by atoms with E-state index in [1.165, 1.54) is 12.8 Å². The summed E-state index contributed by atoms with van der Waals surface area (Å²) in [5, 5.41) is 0. The molecular formula is C11H15BrN2. The van der Waals surface area contributed by atoms with Gasteiger partial charge in [-0.3, -0.25) is 0 Å². The molecule has 76 valence electrons. The van der Waals surface area contributed by atoms with Gasteiger partial charge >= 0.3 is 0 Å². The molecule has 1 aliphatic carbocycles. The summed E-state index contributed by atoms with van der Waals surface area (Å²) in [6.45, 7) is 2.28. The van der Waals surface area contributed by atoms with E-state index < -0.39 is 0 Å². The van der Waals surface area contributed by atoms with Crippen molar-refractivity contribution in [2.24, 2.45) is 5.92 Å². The van der Waals surface area contributed by atoms with Gasteiger partial charge in [-0.05, 0) is 53.7 Å². The minimum atomic E-state index is 0.608. The molecule has 0 bridgehead atoms. The molecule has 1 aromatic heterocycles. The Labute approximate surface area is 93.5 Å². The lowest BCUT2D eigenvalue weighted by Crippen LogP contribution is -2.31. The zero-order valence-corrected chi connectivity index (χ0v) is 10.2. The molecule has 0 aromatic carbocycles. The highest BCUT2D eigenvalue weighted by molar-refractivity contribution is 9.10. The first kappa shape index (κ1) is 9.97. The highest BCUT2D eigenvalue weighted by Crippen LogP contribution is 2.35. The molecule has 2 rings (SSSR count). The van der Waals surface area contributed by atoms with Crippen LogP contribution in [0.4, 0.5) is 5.82 Å². The Kier molecular flexibility index (Phi) is 2.77. The van der Waals surface area contributed by atoms with Crippen LogP contribution in [0.1, 0.15) is 19.8 Å². The molecule has 0 spiro atoms. The zero-order valence-electron chi connectivity index (χ0n) is 8.57. The van der Waals surface area contributed by atoms with Gasteiger partial charge in [0, 0.05) is 13.1 Å². The molecule has 0 aliphatic heterocycles. The molecule has 0 radical (unpaired) electrons. The van der Waals surface area contributed by atoms with E-state index >= 15 is 0 Å². The van der Waals surface area contributed by atoms with Crippen LogP contribution in [0.25, 0.3) is 0 Å². The predicted octanol–water partition coefficient (Wildman–Crippen LogP) is 3.08. The Bertz CT molecular complexity index is 323. The lowest BCUT2D eigenvalue weighted by Gasteiger charge is -2.25. The molecule has 3 heteroatoms.